The van der Waals surface area contributed by atoms with Gasteiger partial charge in [0.15, 0.2) is 0 Å². The maximum Gasteiger partial charge on any atom is 0.124 e. The Morgan fingerprint density at radius 3 is 2.89 bits per heavy atom. The molecule has 0 bridgehead atoms. The number of ether oxygens (including phenoxy) is 1. The van der Waals surface area contributed by atoms with E-state index in [1.165, 1.54) is 5.56 Å². The van der Waals surface area contributed by atoms with Gasteiger partial charge in [-0.2, -0.15) is 0 Å². The fraction of sp³-hybridized carbons (Fsp3) is 0.267. The van der Waals surface area contributed by atoms with Gasteiger partial charge in [-0.15, -0.1) is 0 Å². The highest BCUT2D eigenvalue weighted by molar-refractivity contribution is 5.39. The molecule has 0 saturated heterocycles. The van der Waals surface area contributed by atoms with Crippen LogP contribution >= 0.6 is 0 Å². The van der Waals surface area contributed by atoms with Crippen LogP contribution in [-0.2, 0) is 0 Å². The van der Waals surface area contributed by atoms with Crippen LogP contribution in [0.3, 0.4) is 0 Å². The van der Waals surface area contributed by atoms with Gasteiger partial charge in [-0.1, -0.05) is 24.3 Å². The summed E-state index contributed by atoms with van der Waals surface area (Å²) in [6, 6.07) is 14.6. The van der Waals surface area contributed by atoms with Gasteiger partial charge in [-0.25, -0.2) is 0 Å². The van der Waals surface area contributed by atoms with Crippen molar-refractivity contribution in [3.63, 3.8) is 0 Å². The third-order valence-electron chi connectivity index (χ3n) is 3.28. The van der Waals surface area contributed by atoms with Gasteiger partial charge in [0.25, 0.3) is 0 Å². The van der Waals surface area contributed by atoms with Crippen LogP contribution in [0.25, 0.3) is 0 Å². The predicted octanol–water partition coefficient (Wildman–Crippen LogP) is 2.87. The number of hydrogen-bond acceptors (Lipinski definition) is 3. The highest BCUT2D eigenvalue weighted by atomic mass is 16.5. The summed E-state index contributed by atoms with van der Waals surface area (Å²) in [5.41, 5.74) is 2.29. The van der Waals surface area contributed by atoms with Gasteiger partial charge < -0.3 is 4.74 Å². The second kappa shape index (κ2) is 4.78. The molecule has 0 fully saturated rings. The minimum atomic E-state index is 0.214. The molecule has 0 saturated carbocycles. The second-order valence-electron chi connectivity index (χ2n) is 4.54. The molecule has 2 heterocycles. The van der Waals surface area contributed by atoms with Gasteiger partial charge in [0, 0.05) is 17.8 Å². The zero-order chi connectivity index (χ0) is 12.4. The van der Waals surface area contributed by atoms with Crippen molar-refractivity contribution in [1.29, 1.82) is 0 Å². The molecule has 3 heteroatoms. The Morgan fingerprint density at radius 1 is 1.22 bits per heavy atom. The molecule has 0 spiro atoms. The quantitative estimate of drug-likeness (QED) is 0.895. The number of fused-ring (bicyclic) bond motifs is 1. The second-order valence-corrected chi connectivity index (χ2v) is 4.54. The number of pyridine rings is 1. The number of para-hydroxylation sites is 1. The molecule has 1 aromatic heterocycles. The number of nitrogens with zero attached hydrogens (tertiary/aromatic N) is 1. The molecule has 18 heavy (non-hydrogen) atoms. The van der Waals surface area contributed by atoms with Crippen molar-refractivity contribution in [3.8, 4) is 5.75 Å². The first-order valence-corrected chi connectivity index (χ1v) is 6.23. The SMILES string of the molecule is CC(NC1COc2ccccc21)c1ccccn1. The zero-order valence-corrected chi connectivity index (χ0v) is 10.3. The Morgan fingerprint density at radius 2 is 2.06 bits per heavy atom. The summed E-state index contributed by atoms with van der Waals surface area (Å²) in [6.07, 6.45) is 1.83. The lowest BCUT2D eigenvalue weighted by Crippen LogP contribution is -2.26. The molecule has 2 unspecified atom stereocenters. The maximum absolute atomic E-state index is 5.66. The summed E-state index contributed by atoms with van der Waals surface area (Å²) in [6.45, 7) is 2.82. The van der Waals surface area contributed by atoms with Crippen molar-refractivity contribution < 1.29 is 4.74 Å². The average molecular weight is 240 g/mol. The summed E-state index contributed by atoms with van der Waals surface area (Å²) < 4.78 is 5.66. The van der Waals surface area contributed by atoms with Gasteiger partial charge in [0.1, 0.15) is 12.4 Å². The highest BCUT2D eigenvalue weighted by Crippen LogP contribution is 2.33. The standard InChI is InChI=1S/C15H16N2O/c1-11(13-7-4-5-9-16-13)17-14-10-18-15-8-3-2-6-12(14)15/h2-9,11,14,17H,10H2,1H3. The number of benzene rings is 1. The van der Waals surface area contributed by atoms with Crippen LogP contribution in [0.2, 0.25) is 0 Å². The first kappa shape index (κ1) is 11.2. The summed E-state index contributed by atoms with van der Waals surface area (Å²) in [4.78, 5) is 4.37. The van der Waals surface area contributed by atoms with Crippen molar-refractivity contribution >= 4 is 0 Å². The van der Waals surface area contributed by atoms with Crippen molar-refractivity contribution in [1.82, 2.24) is 10.3 Å². The fourth-order valence-corrected chi connectivity index (χ4v) is 2.32. The molecule has 1 aliphatic rings. The Labute approximate surface area is 107 Å². The van der Waals surface area contributed by atoms with Gasteiger partial charge in [-0.3, -0.25) is 10.3 Å². The Balaban J connectivity index is 1.75. The summed E-state index contributed by atoms with van der Waals surface area (Å²) in [5.74, 6) is 0.989. The Bertz CT molecular complexity index is 527. The number of rotatable bonds is 3. The fourth-order valence-electron chi connectivity index (χ4n) is 2.32. The van der Waals surface area contributed by atoms with Crippen LogP contribution in [0.4, 0.5) is 0 Å². The lowest BCUT2D eigenvalue weighted by molar-refractivity contribution is 0.300. The van der Waals surface area contributed by atoms with E-state index in [1.807, 2.05) is 42.6 Å². The molecule has 0 aliphatic carbocycles. The molecule has 92 valence electrons. The largest absolute Gasteiger partial charge is 0.491 e. The first-order valence-electron chi connectivity index (χ1n) is 6.23. The van der Waals surface area contributed by atoms with Crippen LogP contribution in [0, 0.1) is 0 Å². The van der Waals surface area contributed by atoms with E-state index in [2.05, 4.69) is 23.3 Å². The molecular weight excluding hydrogens is 224 g/mol. The van der Waals surface area contributed by atoms with Gasteiger partial charge in [-0.05, 0) is 25.1 Å². The van der Waals surface area contributed by atoms with E-state index < -0.39 is 0 Å². The maximum atomic E-state index is 5.66. The van der Waals surface area contributed by atoms with E-state index in [-0.39, 0.29) is 12.1 Å². The highest BCUT2D eigenvalue weighted by Gasteiger charge is 2.25. The lowest BCUT2D eigenvalue weighted by Gasteiger charge is -2.18. The molecule has 0 radical (unpaired) electrons. The van der Waals surface area contributed by atoms with E-state index in [9.17, 15) is 0 Å². The molecule has 0 amide bonds. The molecule has 1 aliphatic heterocycles. The van der Waals surface area contributed by atoms with E-state index in [1.54, 1.807) is 0 Å². The molecule has 3 nitrogen and oxygen atoms in total. The molecular formula is C15H16N2O. The summed E-state index contributed by atoms with van der Waals surface area (Å²) >= 11 is 0. The van der Waals surface area contributed by atoms with E-state index >= 15 is 0 Å². The van der Waals surface area contributed by atoms with Gasteiger partial charge >= 0.3 is 0 Å². The Hall–Kier alpha value is -1.87. The zero-order valence-electron chi connectivity index (χ0n) is 10.3. The summed E-state index contributed by atoms with van der Waals surface area (Å²) in [7, 11) is 0. The van der Waals surface area contributed by atoms with Crippen molar-refractivity contribution in [2.24, 2.45) is 0 Å². The van der Waals surface area contributed by atoms with Crippen molar-refractivity contribution in [3.05, 3.63) is 59.9 Å². The molecule has 3 rings (SSSR count). The van der Waals surface area contributed by atoms with Crippen LogP contribution in [-0.4, -0.2) is 11.6 Å². The number of aromatic nitrogens is 1. The van der Waals surface area contributed by atoms with Crippen LogP contribution in [0.15, 0.2) is 48.7 Å². The monoisotopic (exact) mass is 240 g/mol. The number of hydrogen-bond donors (Lipinski definition) is 1. The van der Waals surface area contributed by atoms with Crippen molar-refractivity contribution in [2.45, 2.75) is 19.0 Å². The third-order valence-corrected chi connectivity index (χ3v) is 3.28. The number of nitrogens with one attached hydrogen (secondary N) is 1. The molecule has 1 N–H and O–H groups in total. The van der Waals surface area contributed by atoms with Crippen LogP contribution in [0.5, 0.6) is 5.75 Å². The minimum absolute atomic E-state index is 0.214. The third kappa shape index (κ3) is 2.09. The van der Waals surface area contributed by atoms with E-state index in [4.69, 9.17) is 4.74 Å². The van der Waals surface area contributed by atoms with Crippen LogP contribution < -0.4 is 10.1 Å². The van der Waals surface area contributed by atoms with E-state index in [0.29, 0.717) is 6.61 Å². The van der Waals surface area contributed by atoms with Gasteiger partial charge in [0.2, 0.25) is 0 Å². The molecule has 2 atom stereocenters. The van der Waals surface area contributed by atoms with Crippen molar-refractivity contribution in [2.75, 3.05) is 6.61 Å². The molecule has 2 aromatic rings. The minimum Gasteiger partial charge on any atom is -0.491 e. The summed E-state index contributed by atoms with van der Waals surface area (Å²) in [5, 5.41) is 3.56. The lowest BCUT2D eigenvalue weighted by atomic mass is 10.1. The molecule has 1 aromatic carbocycles. The van der Waals surface area contributed by atoms with Gasteiger partial charge in [0.05, 0.1) is 11.7 Å². The Kier molecular flexibility index (Phi) is 2.99. The topological polar surface area (TPSA) is 34.1 Å². The normalized spacial score (nSPS) is 19.1. The average Bonchev–Trinajstić information content (AvgIpc) is 2.83. The smallest absolute Gasteiger partial charge is 0.124 e. The van der Waals surface area contributed by atoms with Crippen LogP contribution in [0.1, 0.15) is 30.3 Å². The van der Waals surface area contributed by atoms with E-state index in [0.717, 1.165) is 11.4 Å². The first-order chi connectivity index (χ1) is 8.84. The predicted molar refractivity (Wildman–Crippen MR) is 70.5 cm³/mol.